The van der Waals surface area contributed by atoms with Gasteiger partial charge in [-0.2, -0.15) is 0 Å². The summed E-state index contributed by atoms with van der Waals surface area (Å²) in [6.45, 7) is 10.8. The fourth-order valence-electron chi connectivity index (χ4n) is 1.65. The highest BCUT2D eigenvalue weighted by molar-refractivity contribution is 9.10. The van der Waals surface area contributed by atoms with Crippen molar-refractivity contribution in [2.24, 2.45) is 0 Å². The lowest BCUT2D eigenvalue weighted by Crippen LogP contribution is -2.44. The first-order chi connectivity index (χ1) is 8.37. The number of halogens is 1. The van der Waals surface area contributed by atoms with Crippen LogP contribution in [0.2, 0.25) is 0 Å². The van der Waals surface area contributed by atoms with Crippen LogP contribution >= 0.6 is 15.9 Å². The van der Waals surface area contributed by atoms with Gasteiger partial charge in [-0.25, -0.2) is 0 Å². The third-order valence-corrected chi connectivity index (χ3v) is 3.29. The number of rotatable bonds is 6. The molecule has 0 saturated carbocycles. The molecule has 102 valence electrons. The Bertz CT molecular complexity index is 341. The lowest BCUT2D eigenvalue weighted by Gasteiger charge is -2.24. The molecule has 1 atom stereocenters. The van der Waals surface area contributed by atoms with Crippen molar-refractivity contribution in [1.29, 1.82) is 0 Å². The molecule has 0 fully saturated rings. The first-order valence-corrected chi connectivity index (χ1v) is 7.39. The maximum absolute atomic E-state index is 3.54. The Morgan fingerprint density at radius 1 is 1.17 bits per heavy atom. The van der Waals surface area contributed by atoms with E-state index < -0.39 is 0 Å². The van der Waals surface area contributed by atoms with Gasteiger partial charge in [0.25, 0.3) is 0 Å². The van der Waals surface area contributed by atoms with Crippen molar-refractivity contribution in [1.82, 2.24) is 10.6 Å². The van der Waals surface area contributed by atoms with Crippen LogP contribution in [0, 0.1) is 0 Å². The highest BCUT2D eigenvalue weighted by Crippen LogP contribution is 2.10. The molecular weight excluding hydrogens is 288 g/mol. The summed E-state index contributed by atoms with van der Waals surface area (Å²) in [4.78, 5) is 0. The number of hydrogen-bond donors (Lipinski definition) is 2. The van der Waals surface area contributed by atoms with Crippen LogP contribution in [-0.2, 0) is 6.42 Å². The fourth-order valence-corrected chi connectivity index (χ4v) is 1.91. The van der Waals surface area contributed by atoms with Crippen molar-refractivity contribution in [3.05, 3.63) is 34.3 Å². The van der Waals surface area contributed by atoms with Crippen LogP contribution in [0.25, 0.3) is 0 Å². The summed E-state index contributed by atoms with van der Waals surface area (Å²) in [6.07, 6.45) is 1.08. The highest BCUT2D eigenvalue weighted by Gasteiger charge is 2.10. The van der Waals surface area contributed by atoms with Crippen LogP contribution in [0.15, 0.2) is 28.7 Å². The van der Waals surface area contributed by atoms with E-state index in [4.69, 9.17) is 0 Å². The molecule has 1 aromatic rings. The summed E-state index contributed by atoms with van der Waals surface area (Å²) in [5.41, 5.74) is 1.57. The first-order valence-electron chi connectivity index (χ1n) is 6.60. The van der Waals surface area contributed by atoms with Crippen molar-refractivity contribution in [3.63, 3.8) is 0 Å². The van der Waals surface area contributed by atoms with Crippen molar-refractivity contribution in [2.75, 3.05) is 13.1 Å². The normalized spacial score (nSPS) is 13.6. The predicted octanol–water partition coefficient (Wildman–Crippen LogP) is 3.36. The van der Waals surface area contributed by atoms with Crippen LogP contribution in [-0.4, -0.2) is 24.7 Å². The Labute approximate surface area is 120 Å². The second-order valence-corrected chi connectivity index (χ2v) is 6.78. The zero-order chi connectivity index (χ0) is 13.6. The smallest absolute Gasteiger partial charge is 0.0175 e. The van der Waals surface area contributed by atoms with Crippen LogP contribution in [0.4, 0.5) is 0 Å². The molecule has 0 heterocycles. The van der Waals surface area contributed by atoms with E-state index in [1.165, 1.54) is 5.56 Å². The molecule has 0 spiro atoms. The van der Waals surface area contributed by atoms with Crippen molar-refractivity contribution < 1.29 is 0 Å². The van der Waals surface area contributed by atoms with Gasteiger partial charge < -0.3 is 10.6 Å². The standard InChI is InChI=1S/C15H25BrN2/c1-12(11-18-15(2,3)4)17-10-9-13-5-7-14(16)8-6-13/h5-8,12,17-18H,9-11H2,1-4H3. The van der Waals surface area contributed by atoms with Gasteiger partial charge in [-0.15, -0.1) is 0 Å². The Balaban J connectivity index is 2.19. The van der Waals surface area contributed by atoms with E-state index in [9.17, 15) is 0 Å². The van der Waals surface area contributed by atoms with Gasteiger partial charge in [0.05, 0.1) is 0 Å². The SMILES string of the molecule is CC(CNC(C)(C)C)NCCc1ccc(Br)cc1. The Kier molecular flexibility index (Phi) is 6.33. The molecule has 0 aromatic heterocycles. The van der Waals surface area contributed by atoms with E-state index in [2.05, 4.69) is 78.5 Å². The van der Waals surface area contributed by atoms with Gasteiger partial charge in [0.15, 0.2) is 0 Å². The Morgan fingerprint density at radius 2 is 1.78 bits per heavy atom. The summed E-state index contributed by atoms with van der Waals surface area (Å²) in [7, 11) is 0. The van der Waals surface area contributed by atoms with Gasteiger partial charge in [0, 0.05) is 22.6 Å². The molecule has 2 nitrogen and oxygen atoms in total. The van der Waals surface area contributed by atoms with E-state index in [-0.39, 0.29) is 5.54 Å². The number of nitrogens with one attached hydrogen (secondary N) is 2. The second-order valence-electron chi connectivity index (χ2n) is 5.86. The van der Waals surface area contributed by atoms with Crippen LogP contribution < -0.4 is 10.6 Å². The summed E-state index contributed by atoms with van der Waals surface area (Å²) in [6, 6.07) is 9.03. The van der Waals surface area contributed by atoms with Crippen LogP contribution in [0.5, 0.6) is 0 Å². The average Bonchev–Trinajstić information content (AvgIpc) is 2.28. The summed E-state index contributed by atoms with van der Waals surface area (Å²) < 4.78 is 1.14. The van der Waals surface area contributed by atoms with Crippen LogP contribution in [0.3, 0.4) is 0 Å². The third kappa shape index (κ3) is 7.14. The van der Waals surface area contributed by atoms with Gasteiger partial charge in [-0.05, 0) is 58.4 Å². The van der Waals surface area contributed by atoms with Gasteiger partial charge in [0.2, 0.25) is 0 Å². The molecule has 2 N–H and O–H groups in total. The highest BCUT2D eigenvalue weighted by atomic mass is 79.9. The topological polar surface area (TPSA) is 24.1 Å². The molecule has 1 unspecified atom stereocenters. The van der Waals surface area contributed by atoms with Gasteiger partial charge in [0.1, 0.15) is 0 Å². The molecule has 0 aliphatic rings. The lowest BCUT2D eigenvalue weighted by molar-refractivity contribution is 0.389. The van der Waals surface area contributed by atoms with Gasteiger partial charge in [-0.3, -0.25) is 0 Å². The largest absolute Gasteiger partial charge is 0.313 e. The number of benzene rings is 1. The summed E-state index contributed by atoms with van der Waals surface area (Å²) >= 11 is 3.45. The Morgan fingerprint density at radius 3 is 2.33 bits per heavy atom. The summed E-state index contributed by atoms with van der Waals surface area (Å²) in [5, 5.41) is 7.05. The quantitative estimate of drug-likeness (QED) is 0.841. The Hall–Kier alpha value is -0.380. The minimum absolute atomic E-state index is 0.196. The molecule has 0 amide bonds. The van der Waals surface area contributed by atoms with E-state index >= 15 is 0 Å². The zero-order valence-corrected chi connectivity index (χ0v) is 13.5. The fraction of sp³-hybridized carbons (Fsp3) is 0.600. The maximum atomic E-state index is 3.54. The maximum Gasteiger partial charge on any atom is 0.0175 e. The van der Waals surface area contributed by atoms with Gasteiger partial charge in [-0.1, -0.05) is 28.1 Å². The minimum atomic E-state index is 0.196. The van der Waals surface area contributed by atoms with Crippen LogP contribution in [0.1, 0.15) is 33.3 Å². The molecule has 0 saturated heterocycles. The second kappa shape index (κ2) is 7.27. The molecule has 1 aromatic carbocycles. The van der Waals surface area contributed by atoms with E-state index in [1.807, 2.05) is 0 Å². The molecular formula is C15H25BrN2. The molecule has 3 heteroatoms. The average molecular weight is 313 g/mol. The first kappa shape index (κ1) is 15.7. The molecule has 0 aliphatic heterocycles. The number of hydrogen-bond acceptors (Lipinski definition) is 2. The van der Waals surface area contributed by atoms with E-state index in [0.29, 0.717) is 6.04 Å². The zero-order valence-electron chi connectivity index (χ0n) is 11.9. The molecule has 1 rings (SSSR count). The minimum Gasteiger partial charge on any atom is -0.313 e. The molecule has 0 radical (unpaired) electrons. The molecule has 0 bridgehead atoms. The van der Waals surface area contributed by atoms with Crippen molar-refractivity contribution in [3.8, 4) is 0 Å². The molecule has 18 heavy (non-hydrogen) atoms. The third-order valence-electron chi connectivity index (χ3n) is 2.76. The van der Waals surface area contributed by atoms with Gasteiger partial charge >= 0.3 is 0 Å². The predicted molar refractivity (Wildman–Crippen MR) is 83.1 cm³/mol. The summed E-state index contributed by atoms with van der Waals surface area (Å²) in [5.74, 6) is 0. The lowest BCUT2D eigenvalue weighted by atomic mass is 10.1. The molecule has 0 aliphatic carbocycles. The van der Waals surface area contributed by atoms with Crippen molar-refractivity contribution >= 4 is 15.9 Å². The van der Waals surface area contributed by atoms with E-state index in [1.54, 1.807) is 0 Å². The van der Waals surface area contributed by atoms with Crippen molar-refractivity contribution in [2.45, 2.75) is 45.7 Å². The van der Waals surface area contributed by atoms with E-state index in [0.717, 1.165) is 24.0 Å². The monoisotopic (exact) mass is 312 g/mol.